The van der Waals surface area contributed by atoms with Gasteiger partial charge in [0.15, 0.2) is 0 Å². The highest BCUT2D eigenvalue weighted by Crippen LogP contribution is 2.21. The van der Waals surface area contributed by atoms with Crippen LogP contribution in [0, 0.1) is 0 Å². The SMILES string of the molecule is CCCOC1CCC[C@H](N(C)C(=O)OC(C)(C)C)C(=O)OC(C)C1. The molecule has 0 radical (unpaired) electrons. The average molecular weight is 343 g/mol. The van der Waals surface area contributed by atoms with E-state index in [4.69, 9.17) is 14.2 Å². The average Bonchev–Trinajstić information content (AvgIpc) is 2.51. The minimum atomic E-state index is -0.618. The van der Waals surface area contributed by atoms with Gasteiger partial charge in [-0.25, -0.2) is 9.59 Å². The van der Waals surface area contributed by atoms with Crippen LogP contribution in [0.5, 0.6) is 0 Å². The van der Waals surface area contributed by atoms with Crippen LogP contribution in [-0.4, -0.2) is 54.5 Å². The lowest BCUT2D eigenvalue weighted by Crippen LogP contribution is -2.46. The van der Waals surface area contributed by atoms with Gasteiger partial charge in [0.2, 0.25) is 0 Å². The number of hydrogen-bond acceptors (Lipinski definition) is 5. The molecular weight excluding hydrogens is 310 g/mol. The molecule has 24 heavy (non-hydrogen) atoms. The largest absolute Gasteiger partial charge is 0.461 e. The molecule has 1 aliphatic heterocycles. The van der Waals surface area contributed by atoms with E-state index in [-0.39, 0.29) is 18.2 Å². The second-order valence-corrected chi connectivity index (χ2v) is 7.51. The van der Waals surface area contributed by atoms with Crippen molar-refractivity contribution in [3.8, 4) is 0 Å². The van der Waals surface area contributed by atoms with E-state index in [0.29, 0.717) is 19.4 Å². The molecule has 0 aromatic rings. The predicted molar refractivity (Wildman–Crippen MR) is 91.8 cm³/mol. The van der Waals surface area contributed by atoms with E-state index in [1.54, 1.807) is 27.8 Å². The van der Waals surface area contributed by atoms with Crippen molar-refractivity contribution in [3.05, 3.63) is 0 Å². The van der Waals surface area contributed by atoms with Gasteiger partial charge in [-0.1, -0.05) is 6.92 Å². The van der Waals surface area contributed by atoms with Crippen LogP contribution in [-0.2, 0) is 19.0 Å². The second-order valence-electron chi connectivity index (χ2n) is 7.51. The van der Waals surface area contributed by atoms with Crippen LogP contribution in [0.3, 0.4) is 0 Å². The number of carbonyl (C=O) groups is 2. The monoisotopic (exact) mass is 343 g/mol. The summed E-state index contributed by atoms with van der Waals surface area (Å²) in [4.78, 5) is 26.1. The number of cyclic esters (lactones) is 1. The molecule has 1 rings (SSSR count). The fourth-order valence-corrected chi connectivity index (χ4v) is 2.72. The molecule has 6 nitrogen and oxygen atoms in total. The molecule has 1 aliphatic rings. The molecule has 0 bridgehead atoms. The van der Waals surface area contributed by atoms with Gasteiger partial charge >= 0.3 is 12.1 Å². The zero-order chi connectivity index (χ0) is 18.3. The molecule has 0 aromatic carbocycles. The van der Waals surface area contributed by atoms with Crippen molar-refractivity contribution in [2.45, 2.75) is 90.6 Å². The number of ether oxygens (including phenoxy) is 3. The van der Waals surface area contributed by atoms with Crippen molar-refractivity contribution < 1.29 is 23.8 Å². The third kappa shape index (κ3) is 7.07. The molecule has 0 aromatic heterocycles. The Morgan fingerprint density at radius 3 is 2.58 bits per heavy atom. The molecule has 140 valence electrons. The molecule has 3 atom stereocenters. The first-order valence-corrected chi connectivity index (χ1v) is 8.92. The molecule has 1 amide bonds. The van der Waals surface area contributed by atoms with Crippen LogP contribution in [0.4, 0.5) is 4.79 Å². The standard InChI is InChI=1S/C18H33NO5/c1-7-11-22-14-9-8-10-15(16(20)23-13(2)12-14)19(6)17(21)24-18(3,4)5/h13-15H,7-12H2,1-6H3/t13?,14?,15-/m0/s1. The van der Waals surface area contributed by atoms with Gasteiger partial charge in [-0.3, -0.25) is 4.90 Å². The molecule has 0 aliphatic carbocycles. The molecular formula is C18H33NO5. The second kappa shape index (κ2) is 9.25. The van der Waals surface area contributed by atoms with Crippen molar-refractivity contribution >= 4 is 12.1 Å². The highest BCUT2D eigenvalue weighted by atomic mass is 16.6. The van der Waals surface area contributed by atoms with Gasteiger partial charge in [0, 0.05) is 20.1 Å². The van der Waals surface area contributed by atoms with Crippen LogP contribution >= 0.6 is 0 Å². The number of likely N-dealkylation sites (N-methyl/N-ethyl adjacent to an activating group) is 1. The summed E-state index contributed by atoms with van der Waals surface area (Å²) in [7, 11) is 1.59. The van der Waals surface area contributed by atoms with Crippen molar-refractivity contribution in [3.63, 3.8) is 0 Å². The predicted octanol–water partition coefficient (Wildman–Crippen LogP) is 3.52. The number of amides is 1. The first kappa shape index (κ1) is 20.7. The first-order chi connectivity index (χ1) is 11.1. The number of nitrogens with zero attached hydrogens (tertiary/aromatic N) is 1. The Morgan fingerprint density at radius 2 is 2.00 bits per heavy atom. The Labute approximate surface area is 145 Å². The number of esters is 1. The van der Waals surface area contributed by atoms with E-state index in [1.807, 2.05) is 6.92 Å². The summed E-state index contributed by atoms with van der Waals surface area (Å²) < 4.78 is 16.7. The summed E-state index contributed by atoms with van der Waals surface area (Å²) in [5.41, 5.74) is -0.597. The van der Waals surface area contributed by atoms with E-state index in [0.717, 1.165) is 19.3 Å². The summed E-state index contributed by atoms with van der Waals surface area (Å²) in [6.07, 6.45) is 3.23. The smallest absolute Gasteiger partial charge is 0.410 e. The molecule has 6 heteroatoms. The van der Waals surface area contributed by atoms with Crippen LogP contribution in [0.15, 0.2) is 0 Å². The maximum Gasteiger partial charge on any atom is 0.410 e. The van der Waals surface area contributed by atoms with E-state index in [1.165, 1.54) is 4.90 Å². The zero-order valence-electron chi connectivity index (χ0n) is 16.0. The summed E-state index contributed by atoms with van der Waals surface area (Å²) in [5.74, 6) is -0.369. The van der Waals surface area contributed by atoms with Crippen molar-refractivity contribution in [2.75, 3.05) is 13.7 Å². The number of rotatable bonds is 4. The molecule has 0 saturated carbocycles. The van der Waals surface area contributed by atoms with Crippen LogP contribution in [0.1, 0.15) is 66.7 Å². The fraction of sp³-hybridized carbons (Fsp3) is 0.889. The molecule has 1 fully saturated rings. The third-order valence-electron chi connectivity index (χ3n) is 3.89. The minimum Gasteiger partial charge on any atom is -0.461 e. The highest BCUT2D eigenvalue weighted by molar-refractivity contribution is 5.81. The van der Waals surface area contributed by atoms with Gasteiger partial charge in [0.05, 0.1) is 6.10 Å². The molecule has 0 spiro atoms. The summed E-state index contributed by atoms with van der Waals surface area (Å²) >= 11 is 0. The van der Waals surface area contributed by atoms with E-state index < -0.39 is 17.7 Å². The van der Waals surface area contributed by atoms with Crippen LogP contribution in [0.2, 0.25) is 0 Å². The molecule has 1 heterocycles. The summed E-state index contributed by atoms with van der Waals surface area (Å²) in [6.45, 7) is 10.1. The van der Waals surface area contributed by atoms with E-state index in [2.05, 4.69) is 6.92 Å². The summed E-state index contributed by atoms with van der Waals surface area (Å²) in [6, 6.07) is -0.618. The molecule has 1 saturated heterocycles. The Bertz CT molecular complexity index is 418. The third-order valence-corrected chi connectivity index (χ3v) is 3.89. The lowest BCUT2D eigenvalue weighted by molar-refractivity contribution is -0.155. The van der Waals surface area contributed by atoms with Gasteiger partial charge in [0.25, 0.3) is 0 Å². The van der Waals surface area contributed by atoms with Gasteiger partial charge in [-0.05, 0) is 53.4 Å². The van der Waals surface area contributed by atoms with Gasteiger partial charge in [-0.15, -0.1) is 0 Å². The van der Waals surface area contributed by atoms with Crippen molar-refractivity contribution in [1.82, 2.24) is 4.90 Å². The lowest BCUT2D eigenvalue weighted by Gasteiger charge is -2.29. The Kier molecular flexibility index (Phi) is 8.00. The van der Waals surface area contributed by atoms with Gasteiger partial charge in [-0.2, -0.15) is 0 Å². The zero-order valence-corrected chi connectivity index (χ0v) is 16.0. The minimum absolute atomic E-state index is 0.0957. The molecule has 2 unspecified atom stereocenters. The highest BCUT2D eigenvalue weighted by Gasteiger charge is 2.33. The Hall–Kier alpha value is -1.30. The van der Waals surface area contributed by atoms with Crippen molar-refractivity contribution in [1.29, 1.82) is 0 Å². The first-order valence-electron chi connectivity index (χ1n) is 8.92. The Balaban J connectivity index is 2.74. The Morgan fingerprint density at radius 1 is 1.33 bits per heavy atom. The topological polar surface area (TPSA) is 65.1 Å². The van der Waals surface area contributed by atoms with E-state index >= 15 is 0 Å². The van der Waals surface area contributed by atoms with Gasteiger partial charge < -0.3 is 14.2 Å². The maximum absolute atomic E-state index is 12.4. The van der Waals surface area contributed by atoms with E-state index in [9.17, 15) is 9.59 Å². The number of carbonyl (C=O) groups excluding carboxylic acids is 2. The normalized spacial score (nSPS) is 25.9. The fourth-order valence-electron chi connectivity index (χ4n) is 2.72. The molecule has 0 N–H and O–H groups in total. The van der Waals surface area contributed by atoms with Gasteiger partial charge in [0.1, 0.15) is 17.7 Å². The quantitative estimate of drug-likeness (QED) is 0.731. The maximum atomic E-state index is 12.4. The summed E-state index contributed by atoms with van der Waals surface area (Å²) in [5, 5.41) is 0. The number of hydrogen-bond donors (Lipinski definition) is 0. The van der Waals surface area contributed by atoms with Crippen molar-refractivity contribution in [2.24, 2.45) is 0 Å². The van der Waals surface area contributed by atoms with Crippen LogP contribution in [0.25, 0.3) is 0 Å². The van der Waals surface area contributed by atoms with Crippen LogP contribution < -0.4 is 0 Å². The lowest BCUT2D eigenvalue weighted by atomic mass is 10.0.